The maximum absolute atomic E-state index is 12.5. The van der Waals surface area contributed by atoms with Crippen LogP contribution in [0.1, 0.15) is 18.1 Å². The second-order valence-electron chi connectivity index (χ2n) is 5.21. The smallest absolute Gasteiger partial charge is 0.241 e. The van der Waals surface area contributed by atoms with Crippen molar-refractivity contribution in [1.82, 2.24) is 9.62 Å². The van der Waals surface area contributed by atoms with Crippen molar-refractivity contribution in [3.8, 4) is 0 Å². The SMILES string of the molecule is Cc1cc(CN)cc(S(=O)(=O)NC(C)CN(C)C)c1Br. The minimum absolute atomic E-state index is 0.177. The minimum atomic E-state index is -3.57. The number of aryl methyl sites for hydroxylation is 1. The van der Waals surface area contributed by atoms with Crippen LogP contribution in [-0.4, -0.2) is 40.0 Å². The lowest BCUT2D eigenvalue weighted by Crippen LogP contribution is -2.39. The number of rotatable bonds is 6. The van der Waals surface area contributed by atoms with Gasteiger partial charge in [0.2, 0.25) is 10.0 Å². The lowest BCUT2D eigenvalue weighted by Gasteiger charge is -2.19. The van der Waals surface area contributed by atoms with Crippen LogP contribution >= 0.6 is 15.9 Å². The van der Waals surface area contributed by atoms with Gasteiger partial charge in [0.1, 0.15) is 0 Å². The molecule has 0 bridgehead atoms. The molecule has 1 rings (SSSR count). The quantitative estimate of drug-likeness (QED) is 0.801. The topological polar surface area (TPSA) is 75.4 Å². The van der Waals surface area contributed by atoms with Crippen molar-refractivity contribution < 1.29 is 8.42 Å². The van der Waals surface area contributed by atoms with Crippen LogP contribution in [-0.2, 0) is 16.6 Å². The molecule has 20 heavy (non-hydrogen) atoms. The lowest BCUT2D eigenvalue weighted by atomic mass is 10.1. The van der Waals surface area contributed by atoms with Gasteiger partial charge < -0.3 is 10.6 Å². The zero-order valence-electron chi connectivity index (χ0n) is 12.3. The van der Waals surface area contributed by atoms with Gasteiger partial charge in [0.05, 0.1) is 4.90 Å². The Balaban J connectivity index is 3.12. The third kappa shape index (κ3) is 4.53. The number of likely N-dealkylation sites (N-methyl/N-ethyl adjacent to an activating group) is 1. The molecule has 114 valence electrons. The molecule has 1 unspecified atom stereocenters. The zero-order valence-corrected chi connectivity index (χ0v) is 14.7. The molecule has 0 fully saturated rings. The van der Waals surface area contributed by atoms with E-state index in [1.165, 1.54) is 0 Å². The molecule has 1 aromatic rings. The predicted octanol–water partition coefficient (Wildman–Crippen LogP) is 1.44. The van der Waals surface area contributed by atoms with Crippen molar-refractivity contribution in [2.45, 2.75) is 31.3 Å². The lowest BCUT2D eigenvalue weighted by molar-refractivity contribution is 0.370. The highest BCUT2D eigenvalue weighted by Crippen LogP contribution is 2.27. The average Bonchev–Trinajstić information content (AvgIpc) is 2.30. The summed E-state index contributed by atoms with van der Waals surface area (Å²) in [6.07, 6.45) is 0. The molecule has 0 saturated carbocycles. The Hall–Kier alpha value is -0.470. The van der Waals surface area contributed by atoms with Crippen LogP contribution in [0.3, 0.4) is 0 Å². The van der Waals surface area contributed by atoms with Gasteiger partial charge in [-0.05, 0) is 61.1 Å². The Labute approximate surface area is 129 Å². The molecule has 0 radical (unpaired) electrons. The van der Waals surface area contributed by atoms with Crippen molar-refractivity contribution in [1.29, 1.82) is 0 Å². The molecule has 5 nitrogen and oxygen atoms in total. The van der Waals surface area contributed by atoms with E-state index in [2.05, 4.69) is 20.7 Å². The summed E-state index contributed by atoms with van der Waals surface area (Å²) in [4.78, 5) is 2.17. The molecule has 0 spiro atoms. The van der Waals surface area contributed by atoms with Gasteiger partial charge in [-0.3, -0.25) is 0 Å². The van der Waals surface area contributed by atoms with Gasteiger partial charge in [-0.25, -0.2) is 13.1 Å². The van der Waals surface area contributed by atoms with Crippen LogP contribution < -0.4 is 10.5 Å². The second kappa shape index (κ2) is 7.00. The largest absolute Gasteiger partial charge is 0.326 e. The predicted molar refractivity (Wildman–Crippen MR) is 85.1 cm³/mol. The molecule has 1 atom stereocenters. The standard InChI is InChI=1S/C13H22BrN3O2S/c1-9-5-11(7-15)6-12(13(9)14)20(18,19)16-10(2)8-17(3)4/h5-6,10,16H,7-8,15H2,1-4H3. The first-order valence-corrected chi connectivity index (χ1v) is 8.61. The van der Waals surface area contributed by atoms with Gasteiger partial charge in [0.15, 0.2) is 0 Å². The highest BCUT2D eigenvalue weighted by molar-refractivity contribution is 9.10. The van der Waals surface area contributed by atoms with Gasteiger partial charge in [-0.1, -0.05) is 6.07 Å². The van der Waals surface area contributed by atoms with Gasteiger partial charge in [-0.15, -0.1) is 0 Å². The summed E-state index contributed by atoms with van der Waals surface area (Å²) in [5, 5.41) is 0. The maximum Gasteiger partial charge on any atom is 0.241 e. The first-order chi connectivity index (χ1) is 9.17. The van der Waals surface area contributed by atoms with E-state index in [-0.39, 0.29) is 10.9 Å². The number of nitrogens with one attached hydrogen (secondary N) is 1. The van der Waals surface area contributed by atoms with Crippen molar-refractivity contribution in [3.05, 3.63) is 27.7 Å². The van der Waals surface area contributed by atoms with E-state index >= 15 is 0 Å². The summed E-state index contributed by atoms with van der Waals surface area (Å²) >= 11 is 3.35. The highest BCUT2D eigenvalue weighted by Gasteiger charge is 2.22. The molecule has 0 aliphatic rings. The third-order valence-corrected chi connectivity index (χ3v) is 5.73. The third-order valence-electron chi connectivity index (χ3n) is 2.80. The number of nitrogens with two attached hydrogens (primary N) is 1. The molecule has 0 aliphatic heterocycles. The molecule has 0 amide bonds. The fourth-order valence-electron chi connectivity index (χ4n) is 2.04. The van der Waals surface area contributed by atoms with Gasteiger partial charge in [-0.2, -0.15) is 0 Å². The zero-order chi connectivity index (χ0) is 15.5. The summed E-state index contributed by atoms with van der Waals surface area (Å²) < 4.78 is 28.2. The number of nitrogens with zero attached hydrogens (tertiary/aromatic N) is 1. The summed E-state index contributed by atoms with van der Waals surface area (Å²) in [5.41, 5.74) is 7.26. The summed E-state index contributed by atoms with van der Waals surface area (Å²) in [6, 6.07) is 3.32. The van der Waals surface area contributed by atoms with E-state index in [0.717, 1.165) is 11.1 Å². The van der Waals surface area contributed by atoms with Crippen LogP contribution in [0.25, 0.3) is 0 Å². The van der Waals surface area contributed by atoms with Crippen LogP contribution in [0.4, 0.5) is 0 Å². The Kier molecular flexibility index (Phi) is 6.15. The summed E-state index contributed by atoms with van der Waals surface area (Å²) in [6.45, 7) is 4.63. The van der Waals surface area contributed by atoms with E-state index in [1.54, 1.807) is 6.07 Å². The highest BCUT2D eigenvalue weighted by atomic mass is 79.9. The van der Waals surface area contributed by atoms with E-state index in [4.69, 9.17) is 5.73 Å². The fraction of sp³-hybridized carbons (Fsp3) is 0.538. The first-order valence-electron chi connectivity index (χ1n) is 6.33. The van der Waals surface area contributed by atoms with Crippen LogP contribution in [0.2, 0.25) is 0 Å². The molecule has 1 aromatic carbocycles. The maximum atomic E-state index is 12.5. The molecule has 0 heterocycles. The summed E-state index contributed by atoms with van der Waals surface area (Å²) in [5.74, 6) is 0. The average molecular weight is 364 g/mol. The number of halogens is 1. The molecule has 7 heteroatoms. The van der Waals surface area contributed by atoms with Gasteiger partial charge >= 0.3 is 0 Å². The Bertz CT molecular complexity index is 573. The van der Waals surface area contributed by atoms with E-state index in [0.29, 0.717) is 17.6 Å². The van der Waals surface area contributed by atoms with E-state index in [9.17, 15) is 8.42 Å². The van der Waals surface area contributed by atoms with Gasteiger partial charge in [0.25, 0.3) is 0 Å². The molecule has 0 aromatic heterocycles. The van der Waals surface area contributed by atoms with Crippen molar-refractivity contribution in [2.24, 2.45) is 5.73 Å². The molecule has 3 N–H and O–H groups in total. The van der Waals surface area contributed by atoms with Crippen LogP contribution in [0.5, 0.6) is 0 Å². The monoisotopic (exact) mass is 363 g/mol. The Morgan fingerprint density at radius 3 is 2.50 bits per heavy atom. The Morgan fingerprint density at radius 1 is 1.40 bits per heavy atom. The van der Waals surface area contributed by atoms with Crippen molar-refractivity contribution in [2.75, 3.05) is 20.6 Å². The van der Waals surface area contributed by atoms with E-state index < -0.39 is 10.0 Å². The molecular formula is C13H22BrN3O2S. The molecular weight excluding hydrogens is 342 g/mol. The summed E-state index contributed by atoms with van der Waals surface area (Å²) in [7, 11) is 0.235. The van der Waals surface area contributed by atoms with Crippen LogP contribution in [0, 0.1) is 6.92 Å². The number of hydrogen-bond acceptors (Lipinski definition) is 4. The number of sulfonamides is 1. The molecule has 0 aliphatic carbocycles. The fourth-order valence-corrected chi connectivity index (χ4v) is 4.34. The minimum Gasteiger partial charge on any atom is -0.326 e. The Morgan fingerprint density at radius 2 is 2.00 bits per heavy atom. The van der Waals surface area contributed by atoms with Crippen molar-refractivity contribution in [3.63, 3.8) is 0 Å². The molecule has 0 saturated heterocycles. The van der Waals surface area contributed by atoms with Crippen molar-refractivity contribution >= 4 is 26.0 Å². The second-order valence-corrected chi connectivity index (χ2v) is 7.69. The first kappa shape index (κ1) is 17.6. The normalized spacial score (nSPS) is 13.8. The van der Waals surface area contributed by atoms with Gasteiger partial charge in [0, 0.05) is 23.6 Å². The number of benzene rings is 1. The van der Waals surface area contributed by atoms with E-state index in [1.807, 2.05) is 38.9 Å². The van der Waals surface area contributed by atoms with Crippen LogP contribution in [0.15, 0.2) is 21.5 Å². The number of hydrogen-bond donors (Lipinski definition) is 2.